The van der Waals surface area contributed by atoms with Crippen LogP contribution in [-0.2, 0) is 10.8 Å². The molecule has 0 saturated carbocycles. The molecule has 288 valence electrons. The van der Waals surface area contributed by atoms with Crippen LogP contribution in [0, 0.1) is 6.92 Å². The monoisotopic (exact) mass is 819 g/mol. The molecule has 6 aromatic rings. The average Bonchev–Trinajstić information content (AvgIpc) is 3.54. The van der Waals surface area contributed by atoms with Crippen molar-refractivity contribution in [2.24, 2.45) is 10.2 Å². The Bertz CT molecular complexity index is 2570. The fourth-order valence-corrected chi connectivity index (χ4v) is 7.34. The summed E-state index contributed by atoms with van der Waals surface area (Å²) in [7, 11) is 0. The van der Waals surface area contributed by atoms with Gasteiger partial charge in [-0.1, -0.05) is 82.3 Å². The molecular weight excluding hydrogens is 778 g/mol. The highest BCUT2D eigenvalue weighted by Crippen LogP contribution is 2.49. The van der Waals surface area contributed by atoms with E-state index in [-0.39, 0.29) is 73.1 Å². The molecule has 0 spiro atoms. The number of azo groups is 1. The fraction of sp³-hybridized carbons (Fsp3) is 0.186. The highest BCUT2D eigenvalue weighted by molar-refractivity contribution is 8.93. The molecule has 7 N–H and O–H groups in total. The lowest BCUT2D eigenvalue weighted by Gasteiger charge is -2.22. The van der Waals surface area contributed by atoms with Crippen molar-refractivity contribution in [3.8, 4) is 39.4 Å². The lowest BCUT2D eigenvalue weighted by atomic mass is 9.82. The number of nitrogens with zero attached hydrogens (tertiary/aromatic N) is 3. The molecule has 13 heteroatoms. The summed E-state index contributed by atoms with van der Waals surface area (Å²) >= 11 is 0. The number of hydrogen-bond acceptors (Lipinski definition) is 8. The summed E-state index contributed by atoms with van der Waals surface area (Å²) in [5, 5.41) is 50.3. The van der Waals surface area contributed by atoms with Crippen LogP contribution in [0.15, 0.2) is 118 Å². The number of rotatable bonds is 7. The normalized spacial score (nSPS) is 13.7. The van der Waals surface area contributed by atoms with E-state index in [2.05, 4.69) is 55.2 Å². The molecule has 7 rings (SSSR count). The van der Waals surface area contributed by atoms with Crippen molar-refractivity contribution in [1.29, 1.82) is 0 Å². The maximum Gasteiger partial charge on any atom is 0.335 e. The van der Waals surface area contributed by atoms with Crippen molar-refractivity contribution in [3.05, 3.63) is 141 Å². The van der Waals surface area contributed by atoms with Gasteiger partial charge in [-0.2, -0.15) is 0 Å². The number of aromatic hydroxyl groups is 2. The summed E-state index contributed by atoms with van der Waals surface area (Å²) in [5.74, 6) is -2.25. The number of phenols is 2. The topological polar surface area (TPSA) is 204 Å². The summed E-state index contributed by atoms with van der Waals surface area (Å²) in [6, 6.07) is 28.6. The molecule has 56 heavy (non-hydrogen) atoms. The summed E-state index contributed by atoms with van der Waals surface area (Å²) in [4.78, 5) is 35.5. The Balaban J connectivity index is 0.000000279. The average molecular weight is 821 g/mol. The number of carboxylic acids is 2. The van der Waals surface area contributed by atoms with Gasteiger partial charge in [-0.15, -0.1) is 27.2 Å². The number of carboxylic acid groups (broad SMARTS) is 2. The van der Waals surface area contributed by atoms with Crippen molar-refractivity contribution in [2.45, 2.75) is 51.9 Å². The zero-order chi connectivity index (χ0) is 39.8. The van der Waals surface area contributed by atoms with Gasteiger partial charge in [0.15, 0.2) is 11.4 Å². The van der Waals surface area contributed by atoms with Gasteiger partial charge < -0.3 is 26.2 Å². The van der Waals surface area contributed by atoms with Crippen LogP contribution < -0.4 is 11.3 Å². The van der Waals surface area contributed by atoms with Crippen LogP contribution in [0.5, 0.6) is 11.5 Å². The number of phenolic OH excluding ortho intramolecular Hbond substituents is 2. The van der Waals surface area contributed by atoms with Crippen molar-refractivity contribution >= 4 is 46.0 Å². The fourth-order valence-electron chi connectivity index (χ4n) is 7.34. The minimum Gasteiger partial charge on any atom is -0.505 e. The Kier molecular flexibility index (Phi) is 11.4. The van der Waals surface area contributed by atoms with Crippen molar-refractivity contribution in [1.82, 2.24) is 9.78 Å². The third-order valence-electron chi connectivity index (χ3n) is 9.82. The van der Waals surface area contributed by atoms with E-state index in [9.17, 15) is 29.7 Å². The molecule has 0 fully saturated rings. The van der Waals surface area contributed by atoms with Gasteiger partial charge in [0.1, 0.15) is 11.4 Å². The Hall–Kier alpha value is -6.47. The third kappa shape index (κ3) is 7.98. The number of halogens is 1. The maximum atomic E-state index is 13.3. The molecule has 0 unspecified atom stereocenters. The number of para-hydroxylation sites is 2. The Morgan fingerprint density at radius 1 is 0.714 bits per heavy atom. The zero-order valence-corrected chi connectivity index (χ0v) is 33.1. The molecule has 0 amide bonds. The van der Waals surface area contributed by atoms with Gasteiger partial charge in [0.05, 0.1) is 28.2 Å². The smallest absolute Gasteiger partial charge is 0.335 e. The lowest BCUT2D eigenvalue weighted by Crippen LogP contribution is -2.18. The minimum absolute atomic E-state index is 0. The molecule has 1 aromatic heterocycles. The van der Waals surface area contributed by atoms with Gasteiger partial charge in [-0.05, 0) is 95.0 Å². The second-order valence-electron chi connectivity index (χ2n) is 14.8. The number of nitrogens with two attached hydrogens (primary N) is 1. The van der Waals surface area contributed by atoms with Crippen LogP contribution in [0.4, 0.5) is 17.1 Å². The summed E-state index contributed by atoms with van der Waals surface area (Å²) < 4.78 is 1.47. The third-order valence-corrected chi connectivity index (χ3v) is 9.82. The molecule has 12 nitrogen and oxygen atoms in total. The quantitative estimate of drug-likeness (QED) is 0.0518. The van der Waals surface area contributed by atoms with Crippen LogP contribution in [0.1, 0.15) is 71.7 Å². The second kappa shape index (κ2) is 15.7. The molecule has 5 aromatic carbocycles. The summed E-state index contributed by atoms with van der Waals surface area (Å²) in [6.07, 6.45) is 1.03. The first kappa shape index (κ1) is 40.7. The molecule has 1 heterocycles. The molecule has 1 aliphatic rings. The Morgan fingerprint density at radius 3 is 1.84 bits per heavy atom. The highest BCUT2D eigenvalue weighted by atomic mass is 79.9. The Morgan fingerprint density at radius 2 is 1.25 bits per heavy atom. The minimum atomic E-state index is -1.06. The number of aromatic nitrogens is 2. The number of nitrogens with one attached hydrogen (secondary N) is 1. The Labute approximate surface area is 333 Å². The number of anilines is 1. The van der Waals surface area contributed by atoms with Crippen molar-refractivity contribution in [2.75, 3.05) is 5.73 Å². The molecular formula is C43H42BrN5O7. The van der Waals surface area contributed by atoms with Gasteiger partial charge in [-0.3, -0.25) is 9.89 Å². The number of hydrogen-bond donors (Lipinski definition) is 6. The van der Waals surface area contributed by atoms with Crippen molar-refractivity contribution in [3.63, 3.8) is 0 Å². The van der Waals surface area contributed by atoms with Crippen LogP contribution in [0.3, 0.4) is 0 Å². The first-order valence-corrected chi connectivity index (χ1v) is 17.4. The predicted octanol–water partition coefficient (Wildman–Crippen LogP) is 9.84. The largest absolute Gasteiger partial charge is 0.505 e. The number of aryl methyl sites for hydroxylation is 1. The first-order chi connectivity index (χ1) is 26.0. The van der Waals surface area contributed by atoms with Gasteiger partial charge in [-0.25, -0.2) is 14.3 Å². The van der Waals surface area contributed by atoms with Crippen molar-refractivity contribution < 1.29 is 30.0 Å². The molecule has 1 aliphatic carbocycles. The number of carbonyl (C=O) groups is 2. The van der Waals surface area contributed by atoms with Gasteiger partial charge in [0, 0.05) is 11.1 Å². The molecule has 0 saturated heterocycles. The van der Waals surface area contributed by atoms with Crippen LogP contribution in [0.25, 0.3) is 27.9 Å². The second-order valence-corrected chi connectivity index (χ2v) is 14.8. The lowest BCUT2D eigenvalue weighted by molar-refractivity contribution is 0.0686. The predicted molar refractivity (Wildman–Crippen MR) is 222 cm³/mol. The number of aromatic amines is 1. The maximum absolute atomic E-state index is 13.3. The first-order valence-electron chi connectivity index (χ1n) is 17.4. The van der Waals surface area contributed by atoms with Crippen LogP contribution in [-0.4, -0.2) is 42.1 Å². The molecule has 0 radical (unpaired) electrons. The molecule has 0 bridgehead atoms. The summed E-state index contributed by atoms with van der Waals surface area (Å²) in [5.41, 5.74) is 12.1. The van der Waals surface area contributed by atoms with E-state index in [1.165, 1.54) is 40.1 Å². The highest BCUT2D eigenvalue weighted by Gasteiger charge is 2.42. The van der Waals surface area contributed by atoms with Gasteiger partial charge >= 0.3 is 11.9 Å². The van der Waals surface area contributed by atoms with Crippen LogP contribution in [0.2, 0.25) is 0 Å². The molecule has 0 atom stereocenters. The van der Waals surface area contributed by atoms with E-state index in [4.69, 9.17) is 10.8 Å². The number of H-pyrrole nitrogens is 1. The van der Waals surface area contributed by atoms with E-state index in [0.717, 1.165) is 12.1 Å². The number of aromatic carboxylic acids is 2. The van der Waals surface area contributed by atoms with E-state index >= 15 is 0 Å². The molecule has 0 aliphatic heterocycles. The van der Waals surface area contributed by atoms with Gasteiger partial charge in [0.2, 0.25) is 0 Å². The standard InChI is InChI=1S/C30H30N4O4.C13H11NO3.BrH/c1-17-25(27(36)34(33-17)20-12-13-22-23(15-20)30(4,5)16-29(22,2)3)32-31-24-11-7-10-21(26(24)35)18-8-6-9-19(14-18)28(37)38;14-11-6-2-5-10(12(11)15)8-3-1-4-9(7-8)13(16)17;/h6-15,33,35H,16H2,1-5H3,(H,37,38);1-7,15H,14H2,(H,16,17);1H. The van der Waals surface area contributed by atoms with E-state index in [1.54, 1.807) is 67.6 Å². The van der Waals surface area contributed by atoms with E-state index in [1.807, 2.05) is 6.07 Å². The van der Waals surface area contributed by atoms with E-state index in [0.29, 0.717) is 27.9 Å². The number of nitrogen functional groups attached to an aromatic ring is 1. The SMILES string of the molecule is Br.Cc1[nH]n(-c2ccc3c(c2)C(C)(C)CC3(C)C)c(=O)c1N=Nc1cccc(-c2cccc(C(=O)O)c2)c1O.Nc1cccc(-c2cccc(C(=O)O)c2)c1O. The van der Waals surface area contributed by atoms with E-state index < -0.39 is 11.9 Å². The number of benzene rings is 5. The van der Waals surface area contributed by atoms with Crippen LogP contribution >= 0.6 is 17.0 Å². The number of fused-ring (bicyclic) bond motifs is 1. The zero-order valence-electron chi connectivity index (χ0n) is 31.4. The van der Waals surface area contributed by atoms with Gasteiger partial charge in [0.25, 0.3) is 5.56 Å². The summed E-state index contributed by atoms with van der Waals surface area (Å²) in [6.45, 7) is 10.7.